The Hall–Kier alpha value is -3.55. The minimum atomic E-state index is -0.307. The summed E-state index contributed by atoms with van der Waals surface area (Å²) in [5.41, 5.74) is 1.92. The first-order chi connectivity index (χ1) is 15.9. The van der Waals surface area contributed by atoms with Crippen molar-refractivity contribution in [2.24, 2.45) is 5.92 Å². The zero-order chi connectivity index (χ0) is 23.8. The smallest absolute Gasteiger partial charge is 0.310 e. The van der Waals surface area contributed by atoms with Crippen molar-refractivity contribution in [2.75, 3.05) is 45.7 Å². The lowest BCUT2D eigenvalue weighted by atomic mass is 9.98. The highest BCUT2D eigenvalue weighted by Crippen LogP contribution is 2.24. The number of anilines is 2. The van der Waals surface area contributed by atoms with Gasteiger partial charge in [-0.1, -0.05) is 12.1 Å². The molecule has 2 aromatic rings. The van der Waals surface area contributed by atoms with Gasteiger partial charge in [-0.05, 0) is 56.2 Å². The third-order valence-corrected chi connectivity index (χ3v) is 5.64. The number of amides is 2. The minimum Gasteiger partial charge on any atom is -0.497 e. The predicted octanol–water partition coefficient (Wildman–Crippen LogP) is 3.31. The number of nitrogens with one attached hydrogen (secondary N) is 1. The molecule has 1 N–H and O–H groups in total. The summed E-state index contributed by atoms with van der Waals surface area (Å²) >= 11 is 0. The van der Waals surface area contributed by atoms with Crippen molar-refractivity contribution in [2.45, 2.75) is 19.8 Å². The number of nitrogens with zero attached hydrogens (tertiary/aromatic N) is 2. The standard InChI is InChI=1S/C25H31N3O5/c1-4-33-25(31)18-8-7-15-28(16-18)23(29)17-27(2)24(30)21-9-5-6-10-22(21)26-19-11-13-20(32-3)14-12-19/h5-6,9-14,18,26H,4,7-8,15-17H2,1-3H3. The van der Waals surface area contributed by atoms with E-state index in [-0.39, 0.29) is 30.2 Å². The molecule has 1 atom stereocenters. The summed E-state index contributed by atoms with van der Waals surface area (Å²) in [6, 6.07) is 14.6. The van der Waals surface area contributed by atoms with Crippen LogP contribution in [0.5, 0.6) is 5.75 Å². The maximum Gasteiger partial charge on any atom is 0.310 e. The average molecular weight is 454 g/mol. The highest BCUT2D eigenvalue weighted by molar-refractivity contribution is 6.01. The van der Waals surface area contributed by atoms with Crippen molar-refractivity contribution >= 4 is 29.2 Å². The van der Waals surface area contributed by atoms with E-state index in [2.05, 4.69) is 5.32 Å². The van der Waals surface area contributed by atoms with Gasteiger partial charge in [0.25, 0.3) is 5.91 Å². The molecule has 8 nitrogen and oxygen atoms in total. The second-order valence-corrected chi connectivity index (χ2v) is 7.99. The first kappa shape index (κ1) is 24.1. The van der Waals surface area contributed by atoms with Crippen LogP contribution in [0.3, 0.4) is 0 Å². The maximum atomic E-state index is 13.2. The monoisotopic (exact) mass is 453 g/mol. The first-order valence-corrected chi connectivity index (χ1v) is 11.1. The van der Waals surface area contributed by atoms with Crippen LogP contribution in [-0.2, 0) is 14.3 Å². The molecular weight excluding hydrogens is 422 g/mol. The Bertz CT molecular complexity index is 976. The summed E-state index contributed by atoms with van der Waals surface area (Å²) < 4.78 is 10.3. The number of piperidine rings is 1. The molecule has 1 saturated heterocycles. The molecule has 1 aliphatic heterocycles. The van der Waals surface area contributed by atoms with E-state index in [1.165, 1.54) is 4.90 Å². The van der Waals surface area contributed by atoms with Gasteiger partial charge in [0.15, 0.2) is 0 Å². The molecule has 2 aromatic carbocycles. The molecule has 176 valence electrons. The number of likely N-dealkylation sites (tertiary alicyclic amines) is 1. The zero-order valence-electron chi connectivity index (χ0n) is 19.4. The summed E-state index contributed by atoms with van der Waals surface area (Å²) in [5.74, 6) is -0.276. The van der Waals surface area contributed by atoms with Crippen LogP contribution in [0, 0.1) is 5.92 Å². The van der Waals surface area contributed by atoms with Gasteiger partial charge in [0.05, 0.1) is 37.4 Å². The topological polar surface area (TPSA) is 88.2 Å². The highest BCUT2D eigenvalue weighted by atomic mass is 16.5. The lowest BCUT2D eigenvalue weighted by molar-refractivity contribution is -0.151. The van der Waals surface area contributed by atoms with Gasteiger partial charge < -0.3 is 24.6 Å². The van der Waals surface area contributed by atoms with Crippen LogP contribution in [0.1, 0.15) is 30.1 Å². The molecule has 1 heterocycles. The molecule has 1 fully saturated rings. The largest absolute Gasteiger partial charge is 0.497 e. The minimum absolute atomic E-state index is 0.0642. The molecule has 1 unspecified atom stereocenters. The van der Waals surface area contributed by atoms with Crippen LogP contribution in [0.15, 0.2) is 48.5 Å². The predicted molar refractivity (Wildman–Crippen MR) is 126 cm³/mol. The molecule has 0 aliphatic carbocycles. The van der Waals surface area contributed by atoms with Crippen molar-refractivity contribution in [3.05, 3.63) is 54.1 Å². The second kappa shape index (κ2) is 11.4. The molecule has 3 rings (SSSR count). The molecule has 2 amide bonds. The van der Waals surface area contributed by atoms with Gasteiger partial charge in [0, 0.05) is 25.8 Å². The van der Waals surface area contributed by atoms with E-state index in [4.69, 9.17) is 9.47 Å². The van der Waals surface area contributed by atoms with E-state index < -0.39 is 0 Å². The Morgan fingerprint density at radius 2 is 1.85 bits per heavy atom. The lowest BCUT2D eigenvalue weighted by Gasteiger charge is -2.32. The van der Waals surface area contributed by atoms with Crippen LogP contribution in [0.4, 0.5) is 11.4 Å². The number of methoxy groups -OCH3 is 1. The molecule has 0 saturated carbocycles. The fraction of sp³-hybridized carbons (Fsp3) is 0.400. The van der Waals surface area contributed by atoms with E-state index in [9.17, 15) is 14.4 Å². The Balaban J connectivity index is 1.65. The summed E-state index contributed by atoms with van der Waals surface area (Å²) in [5, 5.41) is 3.26. The molecule has 0 radical (unpaired) electrons. The molecule has 0 bridgehead atoms. The SMILES string of the molecule is CCOC(=O)C1CCCN(C(=O)CN(C)C(=O)c2ccccc2Nc2ccc(OC)cc2)C1. The number of hydrogen-bond acceptors (Lipinski definition) is 6. The Morgan fingerprint density at radius 3 is 2.55 bits per heavy atom. The van der Waals surface area contributed by atoms with Crippen LogP contribution < -0.4 is 10.1 Å². The van der Waals surface area contributed by atoms with Gasteiger partial charge in [-0.15, -0.1) is 0 Å². The van der Waals surface area contributed by atoms with Crippen LogP contribution in [0.2, 0.25) is 0 Å². The zero-order valence-corrected chi connectivity index (χ0v) is 19.4. The fourth-order valence-electron chi connectivity index (χ4n) is 3.84. The van der Waals surface area contributed by atoms with Gasteiger partial charge in [0.1, 0.15) is 5.75 Å². The summed E-state index contributed by atoms with van der Waals surface area (Å²) in [6.45, 7) is 2.93. The van der Waals surface area contributed by atoms with Crippen molar-refractivity contribution in [3.8, 4) is 5.75 Å². The van der Waals surface area contributed by atoms with Crippen LogP contribution in [0.25, 0.3) is 0 Å². The third kappa shape index (κ3) is 6.25. The second-order valence-electron chi connectivity index (χ2n) is 7.99. The third-order valence-electron chi connectivity index (χ3n) is 5.64. The Kier molecular flexibility index (Phi) is 8.29. The van der Waals surface area contributed by atoms with E-state index >= 15 is 0 Å². The molecule has 0 aromatic heterocycles. The summed E-state index contributed by atoms with van der Waals surface area (Å²) in [6.07, 6.45) is 1.45. The summed E-state index contributed by atoms with van der Waals surface area (Å²) in [4.78, 5) is 41.1. The van der Waals surface area contributed by atoms with Gasteiger partial charge in [-0.25, -0.2) is 0 Å². The normalized spacial score (nSPS) is 15.5. The number of likely N-dealkylation sites (N-methyl/N-ethyl adjacent to an activating group) is 1. The van der Waals surface area contributed by atoms with Crippen molar-refractivity contribution in [3.63, 3.8) is 0 Å². The highest BCUT2D eigenvalue weighted by Gasteiger charge is 2.30. The van der Waals surface area contributed by atoms with Crippen molar-refractivity contribution < 1.29 is 23.9 Å². The average Bonchev–Trinajstić information content (AvgIpc) is 2.84. The fourth-order valence-corrected chi connectivity index (χ4v) is 3.84. The number of carbonyl (C=O) groups excluding carboxylic acids is 3. The van der Waals surface area contributed by atoms with E-state index in [1.807, 2.05) is 36.4 Å². The number of carbonyl (C=O) groups is 3. The van der Waals surface area contributed by atoms with Gasteiger partial charge in [0.2, 0.25) is 5.91 Å². The lowest BCUT2D eigenvalue weighted by Crippen LogP contribution is -2.47. The molecular formula is C25H31N3O5. The number of benzene rings is 2. The van der Waals surface area contributed by atoms with E-state index in [0.29, 0.717) is 37.4 Å². The van der Waals surface area contributed by atoms with Crippen molar-refractivity contribution in [1.82, 2.24) is 9.80 Å². The van der Waals surface area contributed by atoms with Gasteiger partial charge in [-0.2, -0.15) is 0 Å². The quantitative estimate of drug-likeness (QED) is 0.617. The summed E-state index contributed by atoms with van der Waals surface area (Å²) in [7, 11) is 3.21. The van der Waals surface area contributed by atoms with Gasteiger partial charge >= 0.3 is 5.97 Å². The number of hydrogen-bond donors (Lipinski definition) is 1. The van der Waals surface area contributed by atoms with E-state index in [0.717, 1.165) is 17.9 Å². The van der Waals surface area contributed by atoms with Crippen LogP contribution in [-0.4, -0.2) is 68.0 Å². The van der Waals surface area contributed by atoms with Crippen molar-refractivity contribution in [1.29, 1.82) is 0 Å². The molecule has 33 heavy (non-hydrogen) atoms. The number of ether oxygens (including phenoxy) is 2. The Morgan fingerprint density at radius 1 is 1.12 bits per heavy atom. The van der Waals surface area contributed by atoms with Gasteiger partial charge in [-0.3, -0.25) is 14.4 Å². The maximum absolute atomic E-state index is 13.2. The Labute approximate surface area is 194 Å². The molecule has 0 spiro atoms. The van der Waals surface area contributed by atoms with E-state index in [1.54, 1.807) is 38.1 Å². The van der Waals surface area contributed by atoms with Crippen LogP contribution >= 0.6 is 0 Å². The number of rotatable bonds is 8. The first-order valence-electron chi connectivity index (χ1n) is 11.1. The number of para-hydroxylation sites is 1. The number of esters is 1. The molecule has 1 aliphatic rings. The molecule has 8 heteroatoms.